The van der Waals surface area contributed by atoms with Crippen LogP contribution in [-0.2, 0) is 0 Å². The first-order chi connectivity index (χ1) is 11.4. The Balaban J connectivity index is 1.95. The Kier molecular flexibility index (Phi) is 4.28. The van der Waals surface area contributed by atoms with Crippen LogP contribution < -0.4 is 10.2 Å². The van der Waals surface area contributed by atoms with E-state index in [1.807, 2.05) is 64.1 Å². The monoisotopic (exact) mass is 340 g/mol. The molecule has 3 aromatic rings. The molecule has 0 atom stereocenters. The quantitative estimate of drug-likeness (QED) is 0.762. The summed E-state index contributed by atoms with van der Waals surface area (Å²) in [6, 6.07) is 11.5. The van der Waals surface area contributed by atoms with Crippen molar-refractivity contribution < 1.29 is 4.79 Å². The largest absolute Gasteiger partial charge is 0.322 e. The summed E-state index contributed by atoms with van der Waals surface area (Å²) in [5.74, 6) is -0.133. The van der Waals surface area contributed by atoms with E-state index < -0.39 is 0 Å². The van der Waals surface area contributed by atoms with E-state index in [1.54, 1.807) is 4.57 Å². The molecule has 0 saturated carbocycles. The molecule has 24 heavy (non-hydrogen) atoms. The average molecular weight is 340 g/mol. The molecule has 1 N–H and O–H groups in total. The summed E-state index contributed by atoms with van der Waals surface area (Å²) in [7, 11) is 0. The second-order valence-corrected chi connectivity index (χ2v) is 7.28. The molecule has 0 bridgehead atoms. The molecule has 124 valence electrons. The molecule has 1 amide bonds. The molecule has 0 aliphatic heterocycles. The Morgan fingerprint density at radius 1 is 1.12 bits per heavy atom. The van der Waals surface area contributed by atoms with E-state index in [9.17, 15) is 9.59 Å². The number of carbonyl (C=O) groups is 1. The molecule has 3 rings (SSSR count). The molecule has 0 unspecified atom stereocenters. The van der Waals surface area contributed by atoms with Gasteiger partial charge in [-0.3, -0.25) is 14.2 Å². The van der Waals surface area contributed by atoms with Crippen LogP contribution >= 0.6 is 11.3 Å². The number of fused-ring (bicyclic) bond motifs is 1. The van der Waals surface area contributed by atoms with Gasteiger partial charge in [-0.25, -0.2) is 0 Å². The van der Waals surface area contributed by atoms with Crippen LogP contribution in [0.5, 0.6) is 0 Å². The first kappa shape index (κ1) is 16.5. The van der Waals surface area contributed by atoms with Crippen molar-refractivity contribution in [2.75, 3.05) is 5.32 Å². The van der Waals surface area contributed by atoms with Crippen LogP contribution in [0.2, 0.25) is 0 Å². The maximum absolute atomic E-state index is 12.5. The highest BCUT2D eigenvalue weighted by atomic mass is 32.1. The third-order valence-corrected chi connectivity index (χ3v) is 4.94. The number of hydrogen-bond acceptors (Lipinski definition) is 3. The number of amides is 1. The van der Waals surface area contributed by atoms with Gasteiger partial charge < -0.3 is 5.32 Å². The van der Waals surface area contributed by atoms with Gasteiger partial charge in [0.2, 0.25) is 0 Å². The smallest absolute Gasteiger partial charge is 0.308 e. The van der Waals surface area contributed by atoms with Crippen molar-refractivity contribution >= 4 is 33.1 Å². The SMILES string of the molecule is Cc1ccc(C)c(C(=O)Nc2ccc3c(c2)sc(=O)n3C(C)C)c1. The summed E-state index contributed by atoms with van der Waals surface area (Å²) in [5, 5.41) is 2.93. The molecule has 5 heteroatoms. The number of anilines is 1. The first-order valence-electron chi connectivity index (χ1n) is 7.90. The zero-order chi connectivity index (χ0) is 17.4. The van der Waals surface area contributed by atoms with Crippen molar-refractivity contribution in [3.05, 3.63) is 62.8 Å². The van der Waals surface area contributed by atoms with Crippen LogP contribution in [0.1, 0.15) is 41.4 Å². The summed E-state index contributed by atoms with van der Waals surface area (Å²) >= 11 is 1.21. The molecule has 1 heterocycles. The van der Waals surface area contributed by atoms with Gasteiger partial charge in [0, 0.05) is 17.3 Å². The van der Waals surface area contributed by atoms with Gasteiger partial charge in [0.1, 0.15) is 0 Å². The molecule has 0 aliphatic carbocycles. The Morgan fingerprint density at radius 2 is 1.88 bits per heavy atom. The molecule has 4 nitrogen and oxygen atoms in total. The van der Waals surface area contributed by atoms with Gasteiger partial charge in [-0.05, 0) is 57.5 Å². The van der Waals surface area contributed by atoms with Gasteiger partial charge in [-0.1, -0.05) is 29.0 Å². The van der Waals surface area contributed by atoms with Crippen LogP contribution in [0, 0.1) is 13.8 Å². The second kappa shape index (κ2) is 6.24. The normalized spacial score (nSPS) is 11.2. The zero-order valence-corrected chi connectivity index (χ0v) is 15.0. The Labute approximate surface area is 144 Å². The van der Waals surface area contributed by atoms with E-state index in [0.29, 0.717) is 11.3 Å². The molecule has 0 saturated heterocycles. The van der Waals surface area contributed by atoms with E-state index in [4.69, 9.17) is 0 Å². The van der Waals surface area contributed by atoms with Crippen molar-refractivity contribution in [2.24, 2.45) is 0 Å². The predicted molar refractivity (Wildman–Crippen MR) is 100 cm³/mol. The summed E-state index contributed by atoms with van der Waals surface area (Å²) < 4.78 is 2.66. The average Bonchev–Trinajstić information content (AvgIpc) is 2.84. The molecule has 0 fully saturated rings. The van der Waals surface area contributed by atoms with Crippen molar-refractivity contribution in [3.63, 3.8) is 0 Å². The molecule has 2 aromatic carbocycles. The van der Waals surface area contributed by atoms with E-state index in [2.05, 4.69) is 5.32 Å². The first-order valence-corrected chi connectivity index (χ1v) is 8.72. The fourth-order valence-corrected chi connectivity index (χ4v) is 3.83. The minimum atomic E-state index is -0.133. The van der Waals surface area contributed by atoms with E-state index in [1.165, 1.54) is 11.3 Å². The Hall–Kier alpha value is -2.40. The van der Waals surface area contributed by atoms with Gasteiger partial charge in [-0.15, -0.1) is 0 Å². The van der Waals surface area contributed by atoms with Crippen LogP contribution in [0.3, 0.4) is 0 Å². The fraction of sp³-hybridized carbons (Fsp3) is 0.263. The van der Waals surface area contributed by atoms with E-state index in [-0.39, 0.29) is 16.8 Å². The summed E-state index contributed by atoms with van der Waals surface area (Å²) in [6.45, 7) is 7.87. The van der Waals surface area contributed by atoms with Crippen LogP contribution in [0.25, 0.3) is 10.2 Å². The number of carbonyl (C=O) groups excluding carboxylic acids is 1. The topological polar surface area (TPSA) is 51.1 Å². The molecule has 1 aromatic heterocycles. The number of thiazole rings is 1. The van der Waals surface area contributed by atoms with Crippen molar-refractivity contribution in [3.8, 4) is 0 Å². The number of rotatable bonds is 3. The van der Waals surface area contributed by atoms with Gasteiger partial charge >= 0.3 is 4.87 Å². The maximum atomic E-state index is 12.5. The highest BCUT2D eigenvalue weighted by Gasteiger charge is 2.13. The lowest BCUT2D eigenvalue weighted by Gasteiger charge is -2.10. The van der Waals surface area contributed by atoms with Gasteiger partial charge in [0.25, 0.3) is 5.91 Å². The molecular formula is C19H20N2O2S. The number of nitrogens with zero attached hydrogens (tertiary/aromatic N) is 1. The van der Waals surface area contributed by atoms with Crippen LogP contribution in [-0.4, -0.2) is 10.5 Å². The summed E-state index contributed by atoms with van der Waals surface area (Å²) in [6.07, 6.45) is 0. The van der Waals surface area contributed by atoms with Crippen molar-refractivity contribution in [1.29, 1.82) is 0 Å². The zero-order valence-electron chi connectivity index (χ0n) is 14.2. The molecule has 0 radical (unpaired) electrons. The van der Waals surface area contributed by atoms with Gasteiger partial charge in [0.05, 0.1) is 10.2 Å². The predicted octanol–water partition coefficient (Wildman–Crippen LogP) is 4.51. The lowest BCUT2D eigenvalue weighted by atomic mass is 10.1. The second-order valence-electron chi connectivity index (χ2n) is 6.29. The highest BCUT2D eigenvalue weighted by molar-refractivity contribution is 7.16. The number of hydrogen-bond donors (Lipinski definition) is 1. The van der Waals surface area contributed by atoms with Gasteiger partial charge in [-0.2, -0.15) is 0 Å². The minimum Gasteiger partial charge on any atom is -0.322 e. The lowest BCUT2D eigenvalue weighted by molar-refractivity contribution is 0.102. The van der Waals surface area contributed by atoms with Crippen LogP contribution in [0.4, 0.5) is 5.69 Å². The Morgan fingerprint density at radius 3 is 2.58 bits per heavy atom. The molecular weight excluding hydrogens is 320 g/mol. The third-order valence-electron chi connectivity index (χ3n) is 4.03. The minimum absolute atomic E-state index is 0.0259. The van der Waals surface area contributed by atoms with E-state index >= 15 is 0 Å². The fourth-order valence-electron chi connectivity index (χ4n) is 2.78. The van der Waals surface area contributed by atoms with Gasteiger partial charge in [0.15, 0.2) is 0 Å². The number of nitrogens with one attached hydrogen (secondary N) is 1. The molecule has 0 aliphatic rings. The van der Waals surface area contributed by atoms with Crippen LogP contribution in [0.15, 0.2) is 41.2 Å². The maximum Gasteiger partial charge on any atom is 0.308 e. The Bertz CT molecular complexity index is 983. The van der Waals surface area contributed by atoms with Crippen molar-refractivity contribution in [1.82, 2.24) is 4.57 Å². The number of aromatic nitrogens is 1. The highest BCUT2D eigenvalue weighted by Crippen LogP contribution is 2.24. The number of benzene rings is 2. The standard InChI is InChI=1S/C19H20N2O2S/c1-11(2)21-16-8-7-14(10-17(16)24-19(21)23)20-18(22)15-9-12(3)5-6-13(15)4/h5-11H,1-4H3,(H,20,22). The summed E-state index contributed by atoms with van der Waals surface area (Å²) in [5.41, 5.74) is 4.27. The lowest BCUT2D eigenvalue weighted by Crippen LogP contribution is -2.15. The van der Waals surface area contributed by atoms with Crippen molar-refractivity contribution in [2.45, 2.75) is 33.7 Å². The molecule has 0 spiro atoms. The number of aryl methyl sites for hydroxylation is 2. The third kappa shape index (κ3) is 2.99. The summed E-state index contributed by atoms with van der Waals surface area (Å²) in [4.78, 5) is 24.7. The van der Waals surface area contributed by atoms with E-state index in [0.717, 1.165) is 21.3 Å².